The maximum Gasteiger partial charge on any atom is 0.257 e. The summed E-state index contributed by atoms with van der Waals surface area (Å²) in [7, 11) is -3.68. The van der Waals surface area contributed by atoms with E-state index in [-0.39, 0.29) is 16.4 Å². The van der Waals surface area contributed by atoms with Crippen LogP contribution in [0.15, 0.2) is 32.6 Å². The molecule has 7 nitrogen and oxygen atoms in total. The fraction of sp³-hybridized carbons (Fsp3) is 0.429. The van der Waals surface area contributed by atoms with E-state index in [1.54, 1.807) is 12.1 Å². The second kappa shape index (κ2) is 7.52. The van der Waals surface area contributed by atoms with E-state index >= 15 is 0 Å². The summed E-state index contributed by atoms with van der Waals surface area (Å²) in [5.41, 5.74) is 0.278. The molecule has 2 aliphatic rings. The molecule has 0 atom stereocenters. The smallest absolute Gasteiger partial charge is 0.257 e. The van der Waals surface area contributed by atoms with Gasteiger partial charge in [0, 0.05) is 28.9 Å². The average Bonchev–Trinajstić information content (AvgIpc) is 3.09. The van der Waals surface area contributed by atoms with Crippen molar-refractivity contribution in [3.05, 3.63) is 28.2 Å². The Morgan fingerprint density at radius 1 is 1.33 bits per heavy atom. The Bertz CT molecular complexity index is 776. The number of nitrogens with zero attached hydrogens (tertiary/aromatic N) is 2. The SMILES string of the molecule is O=C(NC1=NCCS1)c1ccc(Br)c(S(=O)(=O)N2CCOCC2)c1. The monoisotopic (exact) mass is 433 g/mol. The number of hydrogen-bond acceptors (Lipinski definition) is 6. The number of carbonyl (C=O) groups is 1. The highest BCUT2D eigenvalue weighted by Crippen LogP contribution is 2.27. The van der Waals surface area contributed by atoms with Gasteiger partial charge in [-0.25, -0.2) is 8.42 Å². The molecule has 2 heterocycles. The number of rotatable bonds is 3. The van der Waals surface area contributed by atoms with Crippen LogP contribution >= 0.6 is 27.7 Å². The number of ether oxygens (including phenoxy) is 1. The minimum absolute atomic E-state index is 0.0815. The summed E-state index contributed by atoms with van der Waals surface area (Å²) in [4.78, 5) is 16.6. The van der Waals surface area contributed by atoms with E-state index < -0.39 is 10.0 Å². The summed E-state index contributed by atoms with van der Waals surface area (Å²) >= 11 is 4.74. The summed E-state index contributed by atoms with van der Waals surface area (Å²) in [5, 5.41) is 3.27. The largest absolute Gasteiger partial charge is 0.379 e. The van der Waals surface area contributed by atoms with Gasteiger partial charge in [-0.05, 0) is 34.1 Å². The Balaban J connectivity index is 1.86. The maximum atomic E-state index is 12.8. The predicted molar refractivity (Wildman–Crippen MR) is 95.9 cm³/mol. The Labute approximate surface area is 153 Å². The van der Waals surface area contributed by atoms with Crippen molar-refractivity contribution >= 4 is 48.8 Å². The minimum atomic E-state index is -3.68. The van der Waals surface area contributed by atoms with E-state index in [4.69, 9.17) is 4.74 Å². The molecular weight excluding hydrogens is 418 g/mol. The highest BCUT2D eigenvalue weighted by molar-refractivity contribution is 9.10. The van der Waals surface area contributed by atoms with Gasteiger partial charge < -0.3 is 10.1 Å². The first-order chi connectivity index (χ1) is 11.5. The van der Waals surface area contributed by atoms with Crippen LogP contribution in [0.2, 0.25) is 0 Å². The normalized spacial score (nSPS) is 19.1. The van der Waals surface area contributed by atoms with Gasteiger partial charge >= 0.3 is 0 Å². The molecule has 1 fully saturated rings. The number of sulfonamides is 1. The summed E-state index contributed by atoms with van der Waals surface area (Å²) in [6.07, 6.45) is 0. The van der Waals surface area contributed by atoms with Crippen LogP contribution in [-0.2, 0) is 14.8 Å². The summed E-state index contributed by atoms with van der Waals surface area (Å²) in [5.74, 6) is 0.473. The molecule has 1 aromatic rings. The van der Waals surface area contributed by atoms with Gasteiger partial charge in [-0.3, -0.25) is 9.79 Å². The molecule has 1 aromatic carbocycles. The zero-order valence-electron chi connectivity index (χ0n) is 12.7. The highest BCUT2D eigenvalue weighted by Gasteiger charge is 2.29. The summed E-state index contributed by atoms with van der Waals surface area (Å²) in [6.45, 7) is 2.02. The van der Waals surface area contributed by atoms with E-state index in [2.05, 4.69) is 26.2 Å². The number of amidine groups is 1. The van der Waals surface area contributed by atoms with Crippen LogP contribution in [0.3, 0.4) is 0 Å². The molecule has 0 radical (unpaired) electrons. The lowest BCUT2D eigenvalue weighted by Gasteiger charge is -2.26. The van der Waals surface area contributed by atoms with Gasteiger partial charge in [-0.2, -0.15) is 4.31 Å². The number of halogens is 1. The van der Waals surface area contributed by atoms with Gasteiger partial charge in [-0.15, -0.1) is 0 Å². The molecule has 0 aromatic heterocycles. The quantitative estimate of drug-likeness (QED) is 0.775. The lowest BCUT2D eigenvalue weighted by Crippen LogP contribution is -2.40. The van der Waals surface area contributed by atoms with Crippen LogP contribution in [0.1, 0.15) is 10.4 Å². The first kappa shape index (κ1) is 17.9. The predicted octanol–water partition coefficient (Wildman–Crippen LogP) is 1.30. The Morgan fingerprint density at radius 2 is 2.08 bits per heavy atom. The average molecular weight is 434 g/mol. The molecule has 0 unspecified atom stereocenters. The van der Waals surface area contributed by atoms with Crippen molar-refractivity contribution in [3.8, 4) is 0 Å². The molecule has 1 N–H and O–H groups in total. The van der Waals surface area contributed by atoms with Crippen molar-refractivity contribution in [2.45, 2.75) is 4.90 Å². The van der Waals surface area contributed by atoms with Crippen LogP contribution in [0.25, 0.3) is 0 Å². The maximum absolute atomic E-state index is 12.8. The summed E-state index contributed by atoms with van der Waals surface area (Å²) < 4.78 is 32.6. The van der Waals surface area contributed by atoms with E-state index in [0.717, 1.165) is 5.75 Å². The molecule has 1 saturated heterocycles. The Hall–Kier alpha value is -0.940. The number of thioether (sulfide) groups is 1. The van der Waals surface area contributed by atoms with Crippen molar-refractivity contribution in [3.63, 3.8) is 0 Å². The first-order valence-electron chi connectivity index (χ1n) is 7.34. The zero-order valence-corrected chi connectivity index (χ0v) is 15.9. The van der Waals surface area contributed by atoms with Crippen molar-refractivity contribution in [1.29, 1.82) is 0 Å². The third-order valence-electron chi connectivity index (χ3n) is 3.59. The van der Waals surface area contributed by atoms with Gasteiger partial charge in [0.05, 0.1) is 24.7 Å². The van der Waals surface area contributed by atoms with Gasteiger partial charge in [0.25, 0.3) is 5.91 Å². The Kier molecular flexibility index (Phi) is 5.60. The van der Waals surface area contributed by atoms with Crippen molar-refractivity contribution in [2.75, 3.05) is 38.6 Å². The molecule has 24 heavy (non-hydrogen) atoms. The number of nitrogens with one attached hydrogen (secondary N) is 1. The number of amides is 1. The molecule has 1 amide bonds. The highest BCUT2D eigenvalue weighted by atomic mass is 79.9. The Morgan fingerprint density at radius 3 is 2.75 bits per heavy atom. The second-order valence-electron chi connectivity index (χ2n) is 5.15. The molecule has 10 heteroatoms. The molecule has 0 spiro atoms. The minimum Gasteiger partial charge on any atom is -0.379 e. The van der Waals surface area contributed by atoms with Crippen LogP contribution in [-0.4, -0.2) is 62.4 Å². The van der Waals surface area contributed by atoms with Gasteiger partial charge in [0.1, 0.15) is 0 Å². The van der Waals surface area contributed by atoms with Gasteiger partial charge in [-0.1, -0.05) is 11.8 Å². The van der Waals surface area contributed by atoms with E-state index in [0.29, 0.717) is 42.5 Å². The first-order valence-corrected chi connectivity index (χ1v) is 10.6. The summed E-state index contributed by atoms with van der Waals surface area (Å²) in [6, 6.07) is 4.55. The fourth-order valence-corrected chi connectivity index (χ4v) is 5.43. The van der Waals surface area contributed by atoms with Crippen LogP contribution in [0.4, 0.5) is 0 Å². The van der Waals surface area contributed by atoms with Crippen LogP contribution < -0.4 is 5.32 Å². The van der Waals surface area contributed by atoms with Crippen molar-refractivity contribution < 1.29 is 17.9 Å². The number of morpholine rings is 1. The molecular formula is C14H16BrN3O4S2. The molecule has 0 saturated carbocycles. The van der Waals surface area contributed by atoms with E-state index in [9.17, 15) is 13.2 Å². The fourth-order valence-electron chi connectivity index (χ4n) is 2.35. The second-order valence-corrected chi connectivity index (χ2v) is 9.00. The van der Waals surface area contributed by atoms with E-state index in [1.165, 1.54) is 22.1 Å². The lowest BCUT2D eigenvalue weighted by atomic mass is 10.2. The van der Waals surface area contributed by atoms with Crippen LogP contribution in [0.5, 0.6) is 0 Å². The number of benzene rings is 1. The molecule has 2 aliphatic heterocycles. The van der Waals surface area contributed by atoms with Crippen LogP contribution in [0, 0.1) is 0 Å². The third-order valence-corrected chi connectivity index (χ3v) is 7.37. The van der Waals surface area contributed by atoms with Gasteiger partial charge in [0.2, 0.25) is 10.0 Å². The molecule has 3 rings (SSSR count). The number of hydrogen-bond donors (Lipinski definition) is 1. The molecule has 0 aliphatic carbocycles. The van der Waals surface area contributed by atoms with E-state index in [1.807, 2.05) is 0 Å². The molecule has 0 bridgehead atoms. The zero-order chi connectivity index (χ0) is 17.2. The van der Waals surface area contributed by atoms with Crippen molar-refractivity contribution in [1.82, 2.24) is 9.62 Å². The van der Waals surface area contributed by atoms with Crippen molar-refractivity contribution in [2.24, 2.45) is 4.99 Å². The number of aliphatic imine (C=N–C) groups is 1. The van der Waals surface area contributed by atoms with Gasteiger partial charge in [0.15, 0.2) is 5.17 Å². The topological polar surface area (TPSA) is 88.1 Å². The third kappa shape index (κ3) is 3.83. The standard InChI is InChI=1S/C14H16BrN3O4S2/c15-11-2-1-10(13(19)17-14-16-3-8-23-14)9-12(11)24(20,21)18-4-6-22-7-5-18/h1-2,9H,3-8H2,(H,16,17,19). The molecule has 130 valence electrons. The lowest BCUT2D eigenvalue weighted by molar-refractivity contribution is 0.0730. The number of carbonyl (C=O) groups excluding carboxylic acids is 1.